The molecule has 2 heterocycles. The van der Waals surface area contributed by atoms with Crippen LogP contribution < -0.4 is 19.1 Å². The molecule has 4 rings (SSSR count). The quantitative estimate of drug-likeness (QED) is 0.588. The van der Waals surface area contributed by atoms with Gasteiger partial charge >= 0.3 is 0 Å². The first-order chi connectivity index (χ1) is 14.6. The molecule has 1 aromatic heterocycles. The van der Waals surface area contributed by atoms with Gasteiger partial charge < -0.3 is 23.6 Å². The molecule has 0 spiro atoms. The third kappa shape index (κ3) is 3.80. The minimum atomic E-state index is -0.162. The molecule has 1 amide bonds. The van der Waals surface area contributed by atoms with E-state index in [1.165, 1.54) is 0 Å². The molecule has 3 aromatic rings. The molecule has 0 radical (unpaired) electrons. The van der Waals surface area contributed by atoms with Gasteiger partial charge in [0.2, 0.25) is 17.6 Å². The van der Waals surface area contributed by atoms with Gasteiger partial charge in [-0.05, 0) is 49.4 Å². The number of benzene rings is 2. The molecule has 0 unspecified atom stereocenters. The third-order valence-corrected chi connectivity index (χ3v) is 5.02. The molecule has 8 nitrogen and oxygen atoms in total. The largest absolute Gasteiger partial charge is 0.494 e. The maximum absolute atomic E-state index is 12.6. The molecule has 8 heteroatoms. The van der Waals surface area contributed by atoms with Gasteiger partial charge in [-0.3, -0.25) is 4.79 Å². The molecule has 1 aliphatic rings. The Balaban J connectivity index is 1.51. The number of aromatic nitrogens is 2. The Bertz CT molecular complexity index is 1030. The van der Waals surface area contributed by atoms with Crippen LogP contribution in [-0.4, -0.2) is 43.4 Å². The second kappa shape index (κ2) is 8.44. The summed E-state index contributed by atoms with van der Waals surface area (Å²) in [5.74, 6) is 2.73. The standard InChI is InChI=1S/C22H23N3O5/c1-4-29-17-8-6-16(7-9-17)25-13-15(12-20(25)26)22-23-21(24-30-22)14-5-10-18(27-2)19(11-14)28-3/h5-11,15H,4,12-13H2,1-3H3/t15-/m0/s1. The fourth-order valence-corrected chi connectivity index (χ4v) is 3.51. The van der Waals surface area contributed by atoms with Crippen LogP contribution in [0.4, 0.5) is 5.69 Å². The Morgan fingerprint density at radius 2 is 1.87 bits per heavy atom. The van der Waals surface area contributed by atoms with Crippen LogP contribution in [0.2, 0.25) is 0 Å². The average molecular weight is 409 g/mol. The SMILES string of the molecule is CCOc1ccc(N2C[C@@H](c3nc(-c4ccc(OC)c(OC)c4)no3)CC2=O)cc1. The first-order valence-corrected chi connectivity index (χ1v) is 9.72. The molecular formula is C22H23N3O5. The van der Waals surface area contributed by atoms with Crippen LogP contribution in [0.3, 0.4) is 0 Å². The van der Waals surface area contributed by atoms with Crippen LogP contribution in [-0.2, 0) is 4.79 Å². The smallest absolute Gasteiger partial charge is 0.232 e. The van der Waals surface area contributed by atoms with Crippen molar-refractivity contribution < 1.29 is 23.5 Å². The fraction of sp³-hybridized carbons (Fsp3) is 0.318. The van der Waals surface area contributed by atoms with Crippen molar-refractivity contribution in [3.63, 3.8) is 0 Å². The molecule has 30 heavy (non-hydrogen) atoms. The lowest BCUT2D eigenvalue weighted by Gasteiger charge is -2.16. The molecule has 1 aliphatic heterocycles. The Hall–Kier alpha value is -3.55. The van der Waals surface area contributed by atoms with Crippen molar-refractivity contribution in [1.29, 1.82) is 0 Å². The van der Waals surface area contributed by atoms with Crippen LogP contribution in [0, 0.1) is 0 Å². The third-order valence-electron chi connectivity index (χ3n) is 5.02. The number of nitrogens with zero attached hydrogens (tertiary/aromatic N) is 3. The number of ether oxygens (including phenoxy) is 3. The van der Waals surface area contributed by atoms with Gasteiger partial charge in [0.15, 0.2) is 11.5 Å². The van der Waals surface area contributed by atoms with Crippen LogP contribution in [0.25, 0.3) is 11.4 Å². The first-order valence-electron chi connectivity index (χ1n) is 9.72. The van der Waals surface area contributed by atoms with Crippen molar-refractivity contribution in [2.24, 2.45) is 0 Å². The Labute approximate surface area is 174 Å². The predicted molar refractivity (Wildman–Crippen MR) is 110 cm³/mol. The maximum Gasteiger partial charge on any atom is 0.232 e. The molecule has 0 bridgehead atoms. The van der Waals surface area contributed by atoms with Crippen molar-refractivity contribution in [3.05, 3.63) is 48.4 Å². The molecule has 0 aliphatic carbocycles. The summed E-state index contributed by atoms with van der Waals surface area (Å²) in [5, 5.41) is 4.09. The minimum absolute atomic E-state index is 0.0232. The topological polar surface area (TPSA) is 86.9 Å². The molecule has 2 aromatic carbocycles. The lowest BCUT2D eigenvalue weighted by molar-refractivity contribution is -0.117. The van der Waals surface area contributed by atoms with Crippen molar-refractivity contribution in [3.8, 4) is 28.6 Å². The fourth-order valence-electron chi connectivity index (χ4n) is 3.51. The zero-order valence-electron chi connectivity index (χ0n) is 17.1. The van der Waals surface area contributed by atoms with E-state index < -0.39 is 0 Å². The molecule has 0 saturated carbocycles. The number of hydrogen-bond acceptors (Lipinski definition) is 7. The summed E-state index contributed by atoms with van der Waals surface area (Å²) in [6, 6.07) is 12.9. The molecule has 1 saturated heterocycles. The number of carbonyl (C=O) groups excluding carboxylic acids is 1. The second-order valence-electron chi connectivity index (χ2n) is 6.86. The van der Waals surface area contributed by atoms with Gasteiger partial charge in [0.25, 0.3) is 0 Å². The van der Waals surface area contributed by atoms with Gasteiger partial charge in [0.05, 0.1) is 26.7 Å². The Morgan fingerprint density at radius 1 is 1.10 bits per heavy atom. The highest BCUT2D eigenvalue weighted by atomic mass is 16.5. The van der Waals surface area contributed by atoms with Crippen molar-refractivity contribution in [1.82, 2.24) is 10.1 Å². The lowest BCUT2D eigenvalue weighted by atomic mass is 10.1. The van der Waals surface area contributed by atoms with Crippen LogP contribution in [0.1, 0.15) is 25.2 Å². The lowest BCUT2D eigenvalue weighted by Crippen LogP contribution is -2.24. The highest BCUT2D eigenvalue weighted by Gasteiger charge is 2.35. The van der Waals surface area contributed by atoms with E-state index in [1.54, 1.807) is 31.3 Å². The first kappa shape index (κ1) is 19.8. The molecule has 156 valence electrons. The Morgan fingerprint density at radius 3 is 2.57 bits per heavy atom. The molecular weight excluding hydrogens is 386 g/mol. The summed E-state index contributed by atoms with van der Waals surface area (Å²) in [6.07, 6.45) is 0.320. The highest BCUT2D eigenvalue weighted by molar-refractivity contribution is 5.96. The summed E-state index contributed by atoms with van der Waals surface area (Å²) in [5.41, 5.74) is 1.57. The van der Waals surface area contributed by atoms with Crippen molar-refractivity contribution in [2.75, 3.05) is 32.3 Å². The van der Waals surface area contributed by atoms with Crippen LogP contribution in [0.15, 0.2) is 47.0 Å². The van der Waals surface area contributed by atoms with E-state index in [1.807, 2.05) is 37.3 Å². The molecule has 1 fully saturated rings. The van der Waals surface area contributed by atoms with E-state index in [0.29, 0.717) is 42.8 Å². The van der Waals surface area contributed by atoms with E-state index >= 15 is 0 Å². The summed E-state index contributed by atoms with van der Waals surface area (Å²) < 4.78 is 21.5. The van der Waals surface area contributed by atoms with Gasteiger partial charge in [-0.2, -0.15) is 4.98 Å². The van der Waals surface area contributed by atoms with Crippen LogP contribution in [0.5, 0.6) is 17.2 Å². The zero-order chi connectivity index (χ0) is 21.1. The van der Waals surface area contributed by atoms with E-state index in [9.17, 15) is 4.79 Å². The van der Waals surface area contributed by atoms with Gasteiger partial charge in [-0.1, -0.05) is 5.16 Å². The number of amides is 1. The van der Waals surface area contributed by atoms with Gasteiger partial charge in [0.1, 0.15) is 5.75 Å². The summed E-state index contributed by atoms with van der Waals surface area (Å²) in [4.78, 5) is 18.8. The van der Waals surface area contributed by atoms with Gasteiger partial charge in [-0.15, -0.1) is 0 Å². The van der Waals surface area contributed by atoms with Gasteiger partial charge in [0, 0.05) is 24.2 Å². The monoisotopic (exact) mass is 409 g/mol. The average Bonchev–Trinajstić information content (AvgIpc) is 3.41. The number of rotatable bonds is 7. The summed E-state index contributed by atoms with van der Waals surface area (Å²) >= 11 is 0. The number of carbonyl (C=O) groups is 1. The van der Waals surface area contributed by atoms with E-state index in [2.05, 4.69) is 10.1 Å². The predicted octanol–water partition coefficient (Wildman–Crippen LogP) is 3.67. The van der Waals surface area contributed by atoms with E-state index in [-0.39, 0.29) is 11.8 Å². The minimum Gasteiger partial charge on any atom is -0.494 e. The Kier molecular flexibility index (Phi) is 5.56. The van der Waals surface area contributed by atoms with E-state index in [0.717, 1.165) is 17.0 Å². The zero-order valence-corrected chi connectivity index (χ0v) is 17.1. The summed E-state index contributed by atoms with van der Waals surface area (Å²) in [7, 11) is 3.15. The summed E-state index contributed by atoms with van der Waals surface area (Å²) in [6.45, 7) is 3.02. The van der Waals surface area contributed by atoms with E-state index in [4.69, 9.17) is 18.7 Å². The molecule has 1 atom stereocenters. The number of methoxy groups -OCH3 is 2. The second-order valence-corrected chi connectivity index (χ2v) is 6.86. The number of anilines is 1. The van der Waals surface area contributed by atoms with Crippen molar-refractivity contribution in [2.45, 2.75) is 19.3 Å². The highest BCUT2D eigenvalue weighted by Crippen LogP contribution is 2.34. The normalized spacial score (nSPS) is 16.0. The van der Waals surface area contributed by atoms with Crippen LogP contribution >= 0.6 is 0 Å². The maximum atomic E-state index is 12.6. The van der Waals surface area contributed by atoms with Gasteiger partial charge in [-0.25, -0.2) is 0 Å². The molecule has 0 N–H and O–H groups in total. The van der Waals surface area contributed by atoms with Crippen molar-refractivity contribution >= 4 is 11.6 Å². The number of hydrogen-bond donors (Lipinski definition) is 0.